The lowest BCUT2D eigenvalue weighted by molar-refractivity contribution is -0.118. The number of nitrogens with two attached hydrogens (primary N) is 2. The van der Waals surface area contributed by atoms with Gasteiger partial charge < -0.3 is 16.8 Å². The Hall–Kier alpha value is -1.03. The summed E-state index contributed by atoms with van der Waals surface area (Å²) in [7, 11) is 0. The minimum absolute atomic E-state index is 0.00515. The van der Waals surface area contributed by atoms with Gasteiger partial charge in [-0.15, -0.1) is 0 Å². The fourth-order valence-electron chi connectivity index (χ4n) is 0.591. The molecule has 1 atom stereocenters. The number of Topliss-reactive ketones (excluding diaryl/α,β-unsaturated/α-hetero) is 1. The quantitative estimate of drug-likeness (QED) is 0.493. The zero-order chi connectivity index (χ0) is 8.85. The first-order valence-electron chi connectivity index (χ1n) is 3.48. The normalized spacial score (nSPS) is 12.2. The molecule has 64 valence electrons. The van der Waals surface area contributed by atoms with E-state index in [4.69, 9.17) is 11.5 Å². The zero-order valence-electron chi connectivity index (χ0n) is 6.76. The Morgan fingerprint density at radius 1 is 1.73 bits per heavy atom. The number of rotatable bonds is 5. The second-order valence-corrected chi connectivity index (χ2v) is 2.46. The standard InChI is InChI=1S/C7H15N3O/c1-5(11)7(9)3-4-10-6(2)8/h7,10H,2-4,8-9H2,1H3/t7-/m1/s1. The Labute approximate surface area is 66.6 Å². The van der Waals surface area contributed by atoms with E-state index in [1.807, 2.05) is 0 Å². The van der Waals surface area contributed by atoms with E-state index < -0.39 is 0 Å². The monoisotopic (exact) mass is 157 g/mol. The average Bonchev–Trinajstić information content (AvgIpc) is 1.86. The SMILES string of the molecule is C=C(N)NCC[C@@H](N)C(C)=O. The maximum Gasteiger partial charge on any atom is 0.146 e. The van der Waals surface area contributed by atoms with Gasteiger partial charge in [-0.2, -0.15) is 0 Å². The fourth-order valence-corrected chi connectivity index (χ4v) is 0.591. The maximum absolute atomic E-state index is 10.6. The second-order valence-electron chi connectivity index (χ2n) is 2.46. The summed E-state index contributed by atoms with van der Waals surface area (Å²) in [6.07, 6.45) is 0.589. The molecule has 0 radical (unpaired) electrons. The van der Waals surface area contributed by atoms with Crippen LogP contribution in [0.5, 0.6) is 0 Å². The summed E-state index contributed by atoms with van der Waals surface area (Å²) < 4.78 is 0. The largest absolute Gasteiger partial charge is 0.386 e. The van der Waals surface area contributed by atoms with E-state index in [1.54, 1.807) is 0 Å². The highest BCUT2D eigenvalue weighted by Crippen LogP contribution is 1.87. The molecule has 0 aliphatic heterocycles. The van der Waals surface area contributed by atoms with Gasteiger partial charge in [-0.25, -0.2) is 0 Å². The molecule has 0 spiro atoms. The fraction of sp³-hybridized carbons (Fsp3) is 0.571. The minimum Gasteiger partial charge on any atom is -0.386 e. The van der Waals surface area contributed by atoms with Crippen LogP contribution in [-0.4, -0.2) is 18.4 Å². The summed E-state index contributed by atoms with van der Waals surface area (Å²) in [5, 5.41) is 2.78. The molecule has 0 unspecified atom stereocenters. The van der Waals surface area contributed by atoms with E-state index in [0.717, 1.165) is 0 Å². The van der Waals surface area contributed by atoms with Crippen molar-refractivity contribution < 1.29 is 4.79 Å². The van der Waals surface area contributed by atoms with Crippen molar-refractivity contribution in [3.8, 4) is 0 Å². The molecular formula is C7H15N3O. The van der Waals surface area contributed by atoms with Crippen LogP contribution < -0.4 is 16.8 Å². The summed E-state index contributed by atoms with van der Waals surface area (Å²) >= 11 is 0. The van der Waals surface area contributed by atoms with Gasteiger partial charge in [0.2, 0.25) is 0 Å². The molecule has 5 N–H and O–H groups in total. The van der Waals surface area contributed by atoms with Gasteiger partial charge in [0.1, 0.15) is 5.78 Å². The third kappa shape index (κ3) is 5.42. The van der Waals surface area contributed by atoms with E-state index in [9.17, 15) is 4.79 Å². The third-order valence-electron chi connectivity index (χ3n) is 1.33. The van der Waals surface area contributed by atoms with Crippen molar-refractivity contribution in [3.05, 3.63) is 12.4 Å². The van der Waals surface area contributed by atoms with Crippen molar-refractivity contribution >= 4 is 5.78 Å². The summed E-state index contributed by atoms with van der Waals surface area (Å²) in [5.74, 6) is 0.398. The molecule has 0 heterocycles. The van der Waals surface area contributed by atoms with Crippen molar-refractivity contribution in [2.45, 2.75) is 19.4 Å². The molecule has 11 heavy (non-hydrogen) atoms. The summed E-state index contributed by atoms with van der Waals surface area (Å²) in [6, 6.07) is -0.387. The molecule has 0 aromatic rings. The molecule has 0 aliphatic carbocycles. The van der Waals surface area contributed by atoms with E-state index in [-0.39, 0.29) is 11.8 Å². The smallest absolute Gasteiger partial charge is 0.146 e. The minimum atomic E-state index is -0.387. The summed E-state index contributed by atoms with van der Waals surface area (Å²) in [6.45, 7) is 5.51. The van der Waals surface area contributed by atoms with Crippen LogP contribution >= 0.6 is 0 Å². The van der Waals surface area contributed by atoms with E-state index in [0.29, 0.717) is 18.8 Å². The highest BCUT2D eigenvalue weighted by Gasteiger charge is 2.05. The molecule has 4 nitrogen and oxygen atoms in total. The number of ketones is 1. The van der Waals surface area contributed by atoms with Crippen LogP contribution in [0, 0.1) is 0 Å². The number of hydrogen-bond donors (Lipinski definition) is 3. The Morgan fingerprint density at radius 3 is 2.64 bits per heavy atom. The van der Waals surface area contributed by atoms with Gasteiger partial charge in [-0.3, -0.25) is 4.79 Å². The first-order chi connectivity index (χ1) is 5.04. The molecule has 0 fully saturated rings. The van der Waals surface area contributed by atoms with Gasteiger partial charge in [-0.05, 0) is 13.3 Å². The highest BCUT2D eigenvalue weighted by atomic mass is 16.1. The predicted octanol–water partition coefficient (Wildman–Crippen LogP) is -0.688. The molecule has 0 bridgehead atoms. The van der Waals surface area contributed by atoms with E-state index in [1.165, 1.54) is 6.92 Å². The zero-order valence-corrected chi connectivity index (χ0v) is 6.76. The Bertz CT molecular complexity index is 156. The lowest BCUT2D eigenvalue weighted by Gasteiger charge is -2.08. The molecule has 0 saturated carbocycles. The molecular weight excluding hydrogens is 142 g/mol. The molecule has 0 aliphatic rings. The van der Waals surface area contributed by atoms with Crippen LogP contribution in [0.25, 0.3) is 0 Å². The maximum atomic E-state index is 10.6. The van der Waals surface area contributed by atoms with Gasteiger partial charge >= 0.3 is 0 Å². The van der Waals surface area contributed by atoms with Gasteiger partial charge in [0.05, 0.1) is 11.9 Å². The van der Waals surface area contributed by atoms with Crippen LogP contribution in [0.3, 0.4) is 0 Å². The van der Waals surface area contributed by atoms with Gasteiger partial charge in [0, 0.05) is 6.54 Å². The Balaban J connectivity index is 3.39. The Kier molecular flexibility index (Phi) is 4.29. The molecule has 4 heteroatoms. The van der Waals surface area contributed by atoms with Gasteiger partial charge in [-0.1, -0.05) is 6.58 Å². The summed E-state index contributed by atoms with van der Waals surface area (Å²) in [5.41, 5.74) is 10.7. The highest BCUT2D eigenvalue weighted by molar-refractivity contribution is 5.81. The first kappa shape index (κ1) is 9.97. The van der Waals surface area contributed by atoms with E-state index >= 15 is 0 Å². The second kappa shape index (κ2) is 4.73. The number of nitrogens with one attached hydrogen (secondary N) is 1. The van der Waals surface area contributed by atoms with Crippen molar-refractivity contribution in [1.82, 2.24) is 5.32 Å². The average molecular weight is 157 g/mol. The van der Waals surface area contributed by atoms with Gasteiger partial charge in [0.25, 0.3) is 0 Å². The number of carbonyl (C=O) groups is 1. The van der Waals surface area contributed by atoms with Crippen molar-refractivity contribution in [1.29, 1.82) is 0 Å². The van der Waals surface area contributed by atoms with Crippen molar-refractivity contribution in [2.24, 2.45) is 11.5 Å². The van der Waals surface area contributed by atoms with E-state index in [2.05, 4.69) is 11.9 Å². The van der Waals surface area contributed by atoms with Crippen molar-refractivity contribution in [2.75, 3.05) is 6.54 Å². The molecule has 0 amide bonds. The number of carbonyl (C=O) groups excluding carboxylic acids is 1. The first-order valence-corrected chi connectivity index (χ1v) is 3.48. The van der Waals surface area contributed by atoms with Crippen LogP contribution in [0.15, 0.2) is 12.4 Å². The Morgan fingerprint density at radius 2 is 2.27 bits per heavy atom. The molecule has 0 rings (SSSR count). The predicted molar refractivity (Wildman–Crippen MR) is 44.6 cm³/mol. The van der Waals surface area contributed by atoms with Crippen molar-refractivity contribution in [3.63, 3.8) is 0 Å². The van der Waals surface area contributed by atoms with Gasteiger partial charge in [0.15, 0.2) is 0 Å². The molecule has 0 aromatic carbocycles. The third-order valence-corrected chi connectivity index (χ3v) is 1.33. The van der Waals surface area contributed by atoms with Crippen LogP contribution in [0.2, 0.25) is 0 Å². The molecule has 0 aromatic heterocycles. The lowest BCUT2D eigenvalue weighted by atomic mass is 10.1. The topological polar surface area (TPSA) is 81.1 Å². The van der Waals surface area contributed by atoms with Crippen LogP contribution in [0.1, 0.15) is 13.3 Å². The van der Waals surface area contributed by atoms with Crippen LogP contribution in [-0.2, 0) is 4.79 Å². The summed E-state index contributed by atoms with van der Waals surface area (Å²) in [4.78, 5) is 10.6. The lowest BCUT2D eigenvalue weighted by Crippen LogP contribution is -2.33. The van der Waals surface area contributed by atoms with Crippen LogP contribution in [0.4, 0.5) is 0 Å². The number of hydrogen-bond acceptors (Lipinski definition) is 4. The molecule has 0 saturated heterocycles.